The van der Waals surface area contributed by atoms with E-state index in [1.807, 2.05) is 0 Å². The van der Waals surface area contributed by atoms with Gasteiger partial charge in [0.25, 0.3) is 0 Å². The third-order valence-corrected chi connectivity index (χ3v) is 12.5. The van der Waals surface area contributed by atoms with Crippen LogP contribution in [0.1, 0.15) is 0 Å². The minimum atomic E-state index is -7.48. The summed E-state index contributed by atoms with van der Waals surface area (Å²) in [7, 11) is -29.4. The van der Waals surface area contributed by atoms with Crippen molar-refractivity contribution in [1.29, 1.82) is 0 Å². The SMILES string of the molecule is O=[C]([Zn][C](=O)N(S(=O)(=O)F)S(=O)(=O)C(F)(F)F)N(S(=O)(=O)F)S(=O)(=O)C(F)(F)F. The number of rotatable bonds is 6. The van der Waals surface area contributed by atoms with Crippen LogP contribution in [0.5, 0.6) is 0 Å². The number of hydrogen-bond acceptors (Lipinski definition) is 10. The zero-order valence-electron chi connectivity index (χ0n) is 12.3. The summed E-state index contributed by atoms with van der Waals surface area (Å²) in [6.07, 6.45) is 0. The third kappa shape index (κ3) is 5.91. The normalized spacial score (nSPS) is 14.1. The van der Waals surface area contributed by atoms with Gasteiger partial charge in [0, 0.05) is 0 Å². The first kappa shape index (κ1) is 27.8. The minimum absolute atomic E-state index is 2.64. The van der Waals surface area contributed by atoms with E-state index >= 15 is 0 Å². The molecule has 2 amide bonds. The van der Waals surface area contributed by atoms with Crippen LogP contribution >= 0.6 is 0 Å². The number of amides is 2. The number of carbonyl (C=O) groups is 2. The molecule has 0 unspecified atom stereocenters. The van der Waals surface area contributed by atoms with Crippen LogP contribution < -0.4 is 0 Å². The predicted molar refractivity (Wildman–Crippen MR) is 64.5 cm³/mol. The van der Waals surface area contributed by atoms with Crippen molar-refractivity contribution in [2.45, 2.75) is 11.0 Å². The van der Waals surface area contributed by atoms with E-state index in [0.29, 0.717) is 0 Å². The molecular formula is C4F8N2O10S4Zn. The second kappa shape index (κ2) is 7.81. The third-order valence-electron chi connectivity index (χ3n) is 2.13. The van der Waals surface area contributed by atoms with Gasteiger partial charge < -0.3 is 0 Å². The molecule has 0 aliphatic heterocycles. The fraction of sp³-hybridized carbons (Fsp3) is 0.500. The molecule has 0 rings (SSSR count). The first-order valence-electron chi connectivity index (χ1n) is 5.48. The Morgan fingerprint density at radius 2 is 0.793 bits per heavy atom. The Balaban J connectivity index is 6.49. The van der Waals surface area contributed by atoms with E-state index in [4.69, 9.17) is 0 Å². The molecule has 0 aromatic rings. The van der Waals surface area contributed by atoms with E-state index in [1.165, 1.54) is 0 Å². The Kier molecular flexibility index (Phi) is 7.49. The van der Waals surface area contributed by atoms with Crippen molar-refractivity contribution in [3.05, 3.63) is 0 Å². The molecule has 0 aliphatic rings. The van der Waals surface area contributed by atoms with Gasteiger partial charge in [-0.15, -0.1) is 0 Å². The Hall–Kier alpha value is -1.20. The van der Waals surface area contributed by atoms with E-state index in [2.05, 4.69) is 0 Å². The van der Waals surface area contributed by atoms with Crippen LogP contribution in [0.4, 0.5) is 43.7 Å². The number of alkyl halides is 6. The van der Waals surface area contributed by atoms with Gasteiger partial charge in [0.2, 0.25) is 0 Å². The average Bonchev–Trinajstić information content (AvgIpc) is 2.30. The zero-order chi connectivity index (χ0) is 24.0. The van der Waals surface area contributed by atoms with Crippen molar-refractivity contribution in [1.82, 2.24) is 7.42 Å². The van der Waals surface area contributed by atoms with Crippen LogP contribution in [-0.2, 0) is 58.0 Å². The first-order valence-corrected chi connectivity index (χ1v) is 14.0. The van der Waals surface area contributed by atoms with E-state index < -0.39 is 85.4 Å². The van der Waals surface area contributed by atoms with E-state index in [9.17, 15) is 77.4 Å². The summed E-state index contributed by atoms with van der Waals surface area (Å²) >= 11 is -5.25. The predicted octanol–water partition coefficient (Wildman–Crippen LogP) is 0.0407. The van der Waals surface area contributed by atoms with Gasteiger partial charge in [-0.2, -0.15) is 0 Å². The van der Waals surface area contributed by atoms with Gasteiger partial charge in [0.15, 0.2) is 0 Å². The van der Waals surface area contributed by atoms with Gasteiger partial charge in [-0.05, 0) is 0 Å². The second-order valence-corrected chi connectivity index (χ2v) is 13.8. The van der Waals surface area contributed by atoms with Crippen LogP contribution in [-0.4, -0.2) is 61.1 Å². The molecule has 0 aromatic heterocycles. The zero-order valence-corrected chi connectivity index (χ0v) is 18.6. The van der Waals surface area contributed by atoms with Crippen LogP contribution in [0.3, 0.4) is 0 Å². The van der Waals surface area contributed by atoms with Gasteiger partial charge in [-0.1, -0.05) is 0 Å². The van der Waals surface area contributed by atoms with Crippen LogP contribution in [0, 0.1) is 0 Å². The van der Waals surface area contributed by atoms with E-state index in [0.717, 1.165) is 0 Å². The number of nitrogens with zero attached hydrogens (tertiary/aromatic N) is 2. The topological polar surface area (TPSA) is 177 Å². The molecule has 168 valence electrons. The molecule has 0 fully saturated rings. The molecule has 0 aliphatic carbocycles. The molecule has 0 aromatic carbocycles. The van der Waals surface area contributed by atoms with Gasteiger partial charge in [-0.25, -0.2) is 0 Å². The van der Waals surface area contributed by atoms with Crippen LogP contribution in [0.25, 0.3) is 0 Å². The van der Waals surface area contributed by atoms with Crippen molar-refractivity contribution in [3.63, 3.8) is 0 Å². The number of halogens is 8. The van der Waals surface area contributed by atoms with Crippen molar-refractivity contribution in [3.8, 4) is 0 Å². The van der Waals surface area contributed by atoms with E-state index in [-0.39, 0.29) is 0 Å². The summed E-state index contributed by atoms with van der Waals surface area (Å²) in [5.41, 5.74) is -13.5. The molecule has 25 heteroatoms. The summed E-state index contributed by atoms with van der Waals surface area (Å²) < 4.78 is 174. The van der Waals surface area contributed by atoms with Crippen LogP contribution in [0.15, 0.2) is 0 Å². The summed E-state index contributed by atoms with van der Waals surface area (Å²) in [5.74, 6) is 0. The van der Waals surface area contributed by atoms with Crippen molar-refractivity contribution < 1.29 is 94.5 Å². The fourth-order valence-corrected chi connectivity index (χ4v) is 11.5. The molecule has 0 spiro atoms. The molecule has 29 heavy (non-hydrogen) atoms. The van der Waals surface area contributed by atoms with Gasteiger partial charge in [-0.3, -0.25) is 0 Å². The Labute approximate surface area is 162 Å². The Bertz CT molecular complexity index is 1030. The van der Waals surface area contributed by atoms with Gasteiger partial charge in [0.1, 0.15) is 0 Å². The first-order chi connectivity index (χ1) is 12.3. The maximum absolute atomic E-state index is 12.9. The summed E-state index contributed by atoms with van der Waals surface area (Å²) in [6, 6.07) is 0. The number of carbonyl (C=O) groups excluding carboxylic acids is 2. The molecular weight excluding hydrogens is 582 g/mol. The monoisotopic (exact) mass is 580 g/mol. The molecule has 0 radical (unpaired) electrons. The molecule has 0 saturated carbocycles. The molecule has 0 N–H and O–H groups in total. The molecule has 0 heterocycles. The van der Waals surface area contributed by atoms with Crippen LogP contribution in [0.2, 0.25) is 0 Å². The fourth-order valence-electron chi connectivity index (χ4n) is 1.19. The average molecular weight is 582 g/mol. The molecule has 0 bridgehead atoms. The Morgan fingerprint density at radius 3 is 0.931 bits per heavy atom. The summed E-state index contributed by atoms with van der Waals surface area (Å²) in [6.45, 7) is 0. The van der Waals surface area contributed by atoms with Crippen molar-refractivity contribution >= 4 is 49.9 Å². The summed E-state index contributed by atoms with van der Waals surface area (Å²) in [5, 5.41) is 0. The van der Waals surface area contributed by atoms with E-state index in [1.54, 1.807) is 0 Å². The standard InChI is InChI=1S/2C2F4NO5S2.Zn/c2*3-2(4,5)13(9,10)7(1-8)14(6,11)12;. The Morgan fingerprint density at radius 1 is 0.586 bits per heavy atom. The van der Waals surface area contributed by atoms with Crippen molar-refractivity contribution in [2.75, 3.05) is 0 Å². The molecule has 0 atom stereocenters. The van der Waals surface area contributed by atoms with Crippen molar-refractivity contribution in [2.24, 2.45) is 0 Å². The maximum atomic E-state index is 12.9. The van der Waals surface area contributed by atoms with Gasteiger partial charge in [0.05, 0.1) is 0 Å². The quantitative estimate of drug-likeness (QED) is 0.236. The number of hydrogen-bond donors (Lipinski definition) is 0. The second-order valence-electron chi connectivity index (χ2n) is 4.14. The molecule has 12 nitrogen and oxygen atoms in total. The number of sulfonamides is 2. The summed E-state index contributed by atoms with van der Waals surface area (Å²) in [4.78, 5) is 22.7. The molecule has 0 saturated heterocycles. The van der Waals surface area contributed by atoms with Gasteiger partial charge >= 0.3 is 163 Å².